The fourth-order valence-electron chi connectivity index (χ4n) is 1.87. The van der Waals surface area contributed by atoms with Crippen molar-refractivity contribution in [3.8, 4) is 0 Å². The number of hydrogen-bond acceptors (Lipinski definition) is 2. The van der Waals surface area contributed by atoms with Crippen LogP contribution in [0.3, 0.4) is 0 Å². The minimum atomic E-state index is 0.0698. The third kappa shape index (κ3) is 3.40. The van der Waals surface area contributed by atoms with Crippen molar-refractivity contribution >= 4 is 11.9 Å². The Morgan fingerprint density at radius 2 is 2.31 bits per heavy atom. The van der Waals surface area contributed by atoms with Crippen LogP contribution in [0, 0.1) is 5.92 Å². The predicted molar refractivity (Wildman–Crippen MR) is 65.1 cm³/mol. The molecule has 1 saturated heterocycles. The molecule has 92 valence electrons. The van der Waals surface area contributed by atoms with Gasteiger partial charge in [0.2, 0.25) is 5.91 Å². The van der Waals surface area contributed by atoms with Gasteiger partial charge in [-0.1, -0.05) is 13.8 Å². The molecule has 1 aliphatic rings. The first kappa shape index (κ1) is 12.8. The van der Waals surface area contributed by atoms with Crippen LogP contribution in [-0.2, 0) is 4.79 Å². The lowest BCUT2D eigenvalue weighted by atomic mass is 10.2. The van der Waals surface area contributed by atoms with Gasteiger partial charge < -0.3 is 16.0 Å². The number of guanidine groups is 1. The van der Waals surface area contributed by atoms with Crippen molar-refractivity contribution in [2.75, 3.05) is 19.6 Å². The maximum Gasteiger partial charge on any atom is 0.225 e. The van der Waals surface area contributed by atoms with Crippen LogP contribution in [0.5, 0.6) is 0 Å². The summed E-state index contributed by atoms with van der Waals surface area (Å²) in [5, 5.41) is 3.14. The quantitative estimate of drug-likeness (QED) is 0.532. The van der Waals surface area contributed by atoms with Crippen molar-refractivity contribution in [1.82, 2.24) is 10.2 Å². The first-order valence-electron chi connectivity index (χ1n) is 5.89. The zero-order valence-corrected chi connectivity index (χ0v) is 10.4. The summed E-state index contributed by atoms with van der Waals surface area (Å²) >= 11 is 0. The monoisotopic (exact) mass is 226 g/mol. The lowest BCUT2D eigenvalue weighted by Crippen LogP contribution is -2.42. The highest BCUT2D eigenvalue weighted by molar-refractivity contribution is 5.80. The Labute approximate surface area is 97.1 Å². The third-order valence-electron chi connectivity index (χ3n) is 2.67. The summed E-state index contributed by atoms with van der Waals surface area (Å²) in [7, 11) is 0. The Morgan fingerprint density at radius 1 is 1.62 bits per heavy atom. The molecular weight excluding hydrogens is 204 g/mol. The molecule has 16 heavy (non-hydrogen) atoms. The summed E-state index contributed by atoms with van der Waals surface area (Å²) in [6.45, 7) is 8.02. The summed E-state index contributed by atoms with van der Waals surface area (Å²) in [4.78, 5) is 17.7. The fourth-order valence-corrected chi connectivity index (χ4v) is 1.87. The molecule has 1 fully saturated rings. The number of nitrogens with one attached hydrogen (secondary N) is 1. The van der Waals surface area contributed by atoms with E-state index in [1.165, 1.54) is 0 Å². The number of rotatable bonds is 3. The molecule has 0 aliphatic carbocycles. The SMILES string of the molecule is CCN=C(N)NC1CCN(C(=O)C(C)C)C1. The van der Waals surface area contributed by atoms with Gasteiger partial charge in [-0.15, -0.1) is 0 Å². The van der Waals surface area contributed by atoms with Crippen LogP contribution in [-0.4, -0.2) is 42.4 Å². The zero-order valence-electron chi connectivity index (χ0n) is 10.4. The summed E-state index contributed by atoms with van der Waals surface area (Å²) in [5.74, 6) is 0.766. The molecule has 1 unspecified atom stereocenters. The second-order valence-corrected chi connectivity index (χ2v) is 4.43. The number of nitrogens with zero attached hydrogens (tertiary/aromatic N) is 2. The summed E-state index contributed by atoms with van der Waals surface area (Å²) in [5.41, 5.74) is 5.68. The van der Waals surface area contributed by atoms with Gasteiger partial charge in [-0.25, -0.2) is 0 Å². The van der Waals surface area contributed by atoms with E-state index in [9.17, 15) is 4.79 Å². The fraction of sp³-hybridized carbons (Fsp3) is 0.818. The van der Waals surface area contributed by atoms with Crippen molar-refractivity contribution < 1.29 is 4.79 Å². The van der Waals surface area contributed by atoms with Gasteiger partial charge in [0.25, 0.3) is 0 Å². The summed E-state index contributed by atoms with van der Waals surface area (Å²) in [6, 6.07) is 0.248. The summed E-state index contributed by atoms with van der Waals surface area (Å²) < 4.78 is 0. The average molecular weight is 226 g/mol. The lowest BCUT2D eigenvalue weighted by molar-refractivity contribution is -0.133. The third-order valence-corrected chi connectivity index (χ3v) is 2.67. The maximum atomic E-state index is 11.7. The molecule has 1 atom stereocenters. The molecule has 5 heteroatoms. The predicted octanol–water partition coefficient (Wildman–Crippen LogP) is 0.168. The molecule has 1 aliphatic heterocycles. The Kier molecular flexibility index (Phi) is 4.58. The molecule has 0 aromatic rings. The number of carbonyl (C=O) groups is 1. The largest absolute Gasteiger partial charge is 0.370 e. The van der Waals surface area contributed by atoms with E-state index < -0.39 is 0 Å². The second-order valence-electron chi connectivity index (χ2n) is 4.43. The molecule has 0 bridgehead atoms. The molecule has 0 aromatic carbocycles. The van der Waals surface area contributed by atoms with Gasteiger partial charge in [0.15, 0.2) is 5.96 Å². The first-order chi connectivity index (χ1) is 7.54. The van der Waals surface area contributed by atoms with Gasteiger partial charge in [-0.3, -0.25) is 9.79 Å². The van der Waals surface area contributed by atoms with E-state index in [0.717, 1.165) is 19.5 Å². The van der Waals surface area contributed by atoms with Crippen molar-refractivity contribution in [2.24, 2.45) is 16.6 Å². The zero-order chi connectivity index (χ0) is 12.1. The maximum absolute atomic E-state index is 11.7. The van der Waals surface area contributed by atoms with Gasteiger partial charge in [-0.2, -0.15) is 0 Å². The molecule has 1 rings (SSSR count). The van der Waals surface area contributed by atoms with Crippen LogP contribution >= 0.6 is 0 Å². The molecule has 3 N–H and O–H groups in total. The number of likely N-dealkylation sites (tertiary alicyclic amines) is 1. The molecule has 0 spiro atoms. The van der Waals surface area contributed by atoms with Gasteiger partial charge in [0.05, 0.1) is 0 Å². The van der Waals surface area contributed by atoms with Crippen molar-refractivity contribution in [3.63, 3.8) is 0 Å². The van der Waals surface area contributed by atoms with Crippen molar-refractivity contribution in [3.05, 3.63) is 0 Å². The summed E-state index contributed by atoms with van der Waals surface area (Å²) in [6.07, 6.45) is 0.943. The number of nitrogens with two attached hydrogens (primary N) is 1. The highest BCUT2D eigenvalue weighted by Gasteiger charge is 2.27. The van der Waals surface area contributed by atoms with E-state index >= 15 is 0 Å². The van der Waals surface area contributed by atoms with Crippen LogP contribution in [0.4, 0.5) is 0 Å². The average Bonchev–Trinajstić information content (AvgIpc) is 2.65. The van der Waals surface area contributed by atoms with Crippen LogP contribution in [0.1, 0.15) is 27.2 Å². The van der Waals surface area contributed by atoms with Crippen molar-refractivity contribution in [1.29, 1.82) is 0 Å². The normalized spacial score (nSPS) is 21.6. The Morgan fingerprint density at radius 3 is 2.88 bits per heavy atom. The smallest absolute Gasteiger partial charge is 0.225 e. The molecule has 0 aromatic heterocycles. The van der Waals surface area contributed by atoms with Gasteiger partial charge in [0.1, 0.15) is 0 Å². The second kappa shape index (κ2) is 5.72. The Hall–Kier alpha value is -1.26. The van der Waals surface area contributed by atoms with Crippen molar-refractivity contribution in [2.45, 2.75) is 33.2 Å². The minimum absolute atomic E-state index is 0.0698. The van der Waals surface area contributed by atoms with E-state index in [1.54, 1.807) is 0 Å². The van der Waals surface area contributed by atoms with E-state index in [2.05, 4.69) is 10.3 Å². The lowest BCUT2D eigenvalue weighted by Gasteiger charge is -2.19. The number of carbonyl (C=O) groups excluding carboxylic acids is 1. The number of aliphatic imine (C=N–C) groups is 1. The van der Waals surface area contributed by atoms with E-state index in [4.69, 9.17) is 5.73 Å². The van der Waals surface area contributed by atoms with E-state index in [1.807, 2.05) is 25.7 Å². The van der Waals surface area contributed by atoms with E-state index in [0.29, 0.717) is 12.5 Å². The first-order valence-corrected chi connectivity index (χ1v) is 5.89. The number of amides is 1. The van der Waals surface area contributed by atoms with Crippen LogP contribution in [0.15, 0.2) is 4.99 Å². The molecule has 1 amide bonds. The van der Waals surface area contributed by atoms with Crippen LogP contribution < -0.4 is 11.1 Å². The number of hydrogen-bond donors (Lipinski definition) is 2. The molecular formula is C11H22N4O. The molecule has 0 radical (unpaired) electrons. The Balaban J connectivity index is 2.41. The Bertz CT molecular complexity index is 275. The topological polar surface area (TPSA) is 70.7 Å². The van der Waals surface area contributed by atoms with Crippen LogP contribution in [0.25, 0.3) is 0 Å². The molecule has 5 nitrogen and oxygen atoms in total. The van der Waals surface area contributed by atoms with Gasteiger partial charge >= 0.3 is 0 Å². The highest BCUT2D eigenvalue weighted by atomic mass is 16.2. The minimum Gasteiger partial charge on any atom is -0.370 e. The standard InChI is InChI=1S/C11H22N4O/c1-4-13-11(12)14-9-5-6-15(7-9)10(16)8(2)3/h8-9H,4-7H2,1-3H3,(H3,12,13,14). The van der Waals surface area contributed by atoms with Crippen LogP contribution in [0.2, 0.25) is 0 Å². The molecule has 1 heterocycles. The van der Waals surface area contributed by atoms with Gasteiger partial charge in [-0.05, 0) is 13.3 Å². The van der Waals surface area contributed by atoms with E-state index in [-0.39, 0.29) is 17.9 Å². The van der Waals surface area contributed by atoms with Gasteiger partial charge in [0, 0.05) is 31.6 Å². The highest BCUT2D eigenvalue weighted by Crippen LogP contribution is 2.12. The molecule has 0 saturated carbocycles.